The van der Waals surface area contributed by atoms with E-state index in [9.17, 15) is 13.6 Å². The molecule has 0 unspecified atom stereocenters. The number of carbonyl (C=O) groups excluding carboxylic acids is 1. The molecule has 3 aromatic rings. The van der Waals surface area contributed by atoms with E-state index >= 15 is 0 Å². The van der Waals surface area contributed by atoms with E-state index in [-0.39, 0.29) is 5.91 Å². The lowest BCUT2D eigenvalue weighted by Crippen LogP contribution is -2.48. The Hall–Kier alpha value is -2.80. The van der Waals surface area contributed by atoms with Crippen LogP contribution < -0.4 is 0 Å². The summed E-state index contributed by atoms with van der Waals surface area (Å²) in [4.78, 5) is 20.7. The Labute approximate surface area is 149 Å². The standard InChI is InChI=1S/C19H18F2N4O/c20-15-3-4-17(21)14(10-15)12-23-6-8-24(9-7-23)19(26)18-11-16-2-1-5-25(16)13-22-18/h1-5,10-11,13H,6-9,12H2. The summed E-state index contributed by atoms with van der Waals surface area (Å²) in [5, 5.41) is 0. The van der Waals surface area contributed by atoms with Crippen molar-refractivity contribution in [3.05, 3.63) is 71.8 Å². The molecule has 0 spiro atoms. The van der Waals surface area contributed by atoms with Crippen molar-refractivity contribution >= 4 is 11.4 Å². The number of nitrogens with zero attached hydrogens (tertiary/aromatic N) is 4. The zero-order valence-electron chi connectivity index (χ0n) is 14.1. The largest absolute Gasteiger partial charge is 0.335 e. The monoisotopic (exact) mass is 356 g/mol. The molecule has 1 aromatic carbocycles. The lowest BCUT2D eigenvalue weighted by atomic mass is 10.1. The number of carbonyl (C=O) groups is 1. The molecule has 1 fully saturated rings. The minimum atomic E-state index is -0.443. The number of benzene rings is 1. The highest BCUT2D eigenvalue weighted by atomic mass is 19.1. The van der Waals surface area contributed by atoms with E-state index in [1.165, 1.54) is 6.07 Å². The molecular weight excluding hydrogens is 338 g/mol. The summed E-state index contributed by atoms with van der Waals surface area (Å²) < 4.78 is 28.9. The second-order valence-electron chi connectivity index (χ2n) is 6.42. The van der Waals surface area contributed by atoms with Crippen LogP contribution in [0.4, 0.5) is 8.78 Å². The molecule has 1 aliphatic heterocycles. The van der Waals surface area contributed by atoms with Gasteiger partial charge < -0.3 is 9.30 Å². The van der Waals surface area contributed by atoms with E-state index in [0.29, 0.717) is 44.0 Å². The van der Waals surface area contributed by atoms with Crippen molar-refractivity contribution in [2.75, 3.05) is 26.2 Å². The highest BCUT2D eigenvalue weighted by Gasteiger charge is 2.23. The van der Waals surface area contributed by atoms with Gasteiger partial charge in [-0.05, 0) is 36.4 Å². The third kappa shape index (κ3) is 3.30. The van der Waals surface area contributed by atoms with Crippen LogP contribution in [0.5, 0.6) is 0 Å². The van der Waals surface area contributed by atoms with Gasteiger partial charge in [0, 0.05) is 50.0 Å². The smallest absolute Gasteiger partial charge is 0.272 e. The molecule has 0 bridgehead atoms. The Morgan fingerprint density at radius 1 is 1.08 bits per heavy atom. The molecule has 0 radical (unpaired) electrons. The van der Waals surface area contributed by atoms with Crippen molar-refractivity contribution in [2.24, 2.45) is 0 Å². The molecule has 0 saturated carbocycles. The van der Waals surface area contributed by atoms with Crippen molar-refractivity contribution in [3.8, 4) is 0 Å². The Morgan fingerprint density at radius 3 is 2.69 bits per heavy atom. The Balaban J connectivity index is 1.39. The zero-order chi connectivity index (χ0) is 18.1. The average molecular weight is 356 g/mol. The number of halogens is 2. The summed E-state index contributed by atoms with van der Waals surface area (Å²) in [7, 11) is 0. The van der Waals surface area contributed by atoms with E-state index in [1.54, 1.807) is 17.3 Å². The van der Waals surface area contributed by atoms with E-state index in [1.807, 2.05) is 27.6 Å². The average Bonchev–Trinajstić information content (AvgIpc) is 3.12. The first kappa shape index (κ1) is 16.7. The summed E-state index contributed by atoms with van der Waals surface area (Å²) >= 11 is 0. The molecule has 0 N–H and O–H groups in total. The fourth-order valence-corrected chi connectivity index (χ4v) is 3.23. The molecular formula is C19H18F2N4O. The van der Waals surface area contributed by atoms with Crippen LogP contribution in [0.15, 0.2) is 48.9 Å². The Morgan fingerprint density at radius 2 is 1.88 bits per heavy atom. The number of piperazine rings is 1. The van der Waals surface area contributed by atoms with Crippen molar-refractivity contribution in [1.82, 2.24) is 19.2 Å². The predicted octanol–water partition coefficient (Wildman–Crippen LogP) is 2.57. The molecule has 1 aliphatic rings. The van der Waals surface area contributed by atoms with Gasteiger partial charge in [0.05, 0.1) is 6.33 Å². The number of amides is 1. The molecule has 134 valence electrons. The Bertz CT molecular complexity index is 948. The van der Waals surface area contributed by atoms with Crippen molar-refractivity contribution < 1.29 is 13.6 Å². The van der Waals surface area contributed by atoms with Gasteiger partial charge >= 0.3 is 0 Å². The van der Waals surface area contributed by atoms with E-state index in [4.69, 9.17) is 0 Å². The van der Waals surface area contributed by atoms with Gasteiger partial charge in [-0.1, -0.05) is 0 Å². The topological polar surface area (TPSA) is 40.9 Å². The van der Waals surface area contributed by atoms with Gasteiger partial charge in [0.25, 0.3) is 5.91 Å². The Kier molecular flexibility index (Phi) is 4.38. The van der Waals surface area contributed by atoms with Crippen LogP contribution in [-0.2, 0) is 6.54 Å². The molecule has 2 aromatic heterocycles. The van der Waals surface area contributed by atoms with E-state index < -0.39 is 11.6 Å². The number of rotatable bonds is 3. The van der Waals surface area contributed by atoms with Crippen LogP contribution in [0.1, 0.15) is 16.1 Å². The maximum atomic E-state index is 13.8. The van der Waals surface area contributed by atoms with Gasteiger partial charge in [-0.15, -0.1) is 0 Å². The lowest BCUT2D eigenvalue weighted by molar-refractivity contribution is 0.0621. The van der Waals surface area contributed by atoms with Gasteiger partial charge in [0.15, 0.2) is 0 Å². The molecule has 1 amide bonds. The molecule has 4 rings (SSSR count). The maximum absolute atomic E-state index is 13.8. The van der Waals surface area contributed by atoms with Gasteiger partial charge in [-0.3, -0.25) is 9.69 Å². The van der Waals surface area contributed by atoms with Crippen molar-refractivity contribution in [3.63, 3.8) is 0 Å². The third-order valence-electron chi connectivity index (χ3n) is 4.70. The zero-order valence-corrected chi connectivity index (χ0v) is 14.1. The lowest BCUT2D eigenvalue weighted by Gasteiger charge is -2.34. The summed E-state index contributed by atoms with van der Waals surface area (Å²) in [5.74, 6) is -0.957. The van der Waals surface area contributed by atoms with E-state index in [2.05, 4.69) is 4.98 Å². The first-order valence-electron chi connectivity index (χ1n) is 8.48. The molecule has 26 heavy (non-hydrogen) atoms. The molecule has 5 nitrogen and oxygen atoms in total. The summed E-state index contributed by atoms with van der Waals surface area (Å²) in [6.45, 7) is 2.61. The van der Waals surface area contributed by atoms with Crippen LogP contribution in [-0.4, -0.2) is 51.3 Å². The van der Waals surface area contributed by atoms with Crippen LogP contribution in [0.2, 0.25) is 0 Å². The van der Waals surface area contributed by atoms with Crippen LogP contribution >= 0.6 is 0 Å². The summed E-state index contributed by atoms with van der Waals surface area (Å²) in [5.41, 5.74) is 1.68. The second-order valence-corrected chi connectivity index (χ2v) is 6.42. The first-order valence-corrected chi connectivity index (χ1v) is 8.48. The quantitative estimate of drug-likeness (QED) is 0.724. The van der Waals surface area contributed by atoms with Crippen LogP contribution in [0.25, 0.3) is 5.52 Å². The van der Waals surface area contributed by atoms with Crippen molar-refractivity contribution in [1.29, 1.82) is 0 Å². The number of aromatic nitrogens is 2. The van der Waals surface area contributed by atoms with Gasteiger partial charge in [-0.25, -0.2) is 13.8 Å². The van der Waals surface area contributed by atoms with Crippen LogP contribution in [0.3, 0.4) is 0 Å². The fourth-order valence-electron chi connectivity index (χ4n) is 3.23. The molecule has 7 heteroatoms. The molecule has 1 saturated heterocycles. The SMILES string of the molecule is O=C(c1cc2cccn2cn1)N1CCN(Cc2cc(F)ccc2F)CC1. The minimum Gasteiger partial charge on any atom is -0.335 e. The fraction of sp³-hybridized carbons (Fsp3) is 0.263. The van der Waals surface area contributed by atoms with E-state index in [0.717, 1.165) is 17.6 Å². The maximum Gasteiger partial charge on any atom is 0.272 e. The number of fused-ring (bicyclic) bond motifs is 1. The van der Waals surface area contributed by atoms with Gasteiger partial charge in [-0.2, -0.15) is 0 Å². The normalized spacial score (nSPS) is 15.5. The first-order chi connectivity index (χ1) is 12.6. The summed E-state index contributed by atoms with van der Waals surface area (Å²) in [6.07, 6.45) is 3.51. The second kappa shape index (κ2) is 6.84. The van der Waals surface area contributed by atoms with Gasteiger partial charge in [0.2, 0.25) is 0 Å². The van der Waals surface area contributed by atoms with Crippen LogP contribution in [0, 0.1) is 11.6 Å². The number of hydrogen-bond acceptors (Lipinski definition) is 3. The third-order valence-corrected chi connectivity index (χ3v) is 4.70. The summed E-state index contributed by atoms with van der Waals surface area (Å²) in [6, 6.07) is 9.08. The predicted molar refractivity (Wildman–Crippen MR) is 92.7 cm³/mol. The molecule has 0 aliphatic carbocycles. The highest BCUT2D eigenvalue weighted by molar-refractivity contribution is 5.93. The number of hydrogen-bond donors (Lipinski definition) is 0. The minimum absolute atomic E-state index is 0.106. The highest BCUT2D eigenvalue weighted by Crippen LogP contribution is 2.15. The van der Waals surface area contributed by atoms with Gasteiger partial charge in [0.1, 0.15) is 17.3 Å². The molecule has 0 atom stereocenters. The molecule has 3 heterocycles. The van der Waals surface area contributed by atoms with Crippen molar-refractivity contribution in [2.45, 2.75) is 6.54 Å².